The number of carbonyl (C=O) groups is 2. The Hall–Kier alpha value is -3.26. The summed E-state index contributed by atoms with van der Waals surface area (Å²) in [5, 5.41) is 15.0. The number of hydrogen-bond acceptors (Lipinski definition) is 6. The van der Waals surface area contributed by atoms with Gasteiger partial charge in [0.2, 0.25) is 12.0 Å². The van der Waals surface area contributed by atoms with Crippen molar-refractivity contribution in [3.63, 3.8) is 0 Å². The lowest BCUT2D eigenvalue weighted by atomic mass is 9.94. The van der Waals surface area contributed by atoms with Crippen molar-refractivity contribution in [2.24, 2.45) is 11.1 Å². The third-order valence-corrected chi connectivity index (χ3v) is 4.49. The number of nitro groups is 1. The van der Waals surface area contributed by atoms with E-state index >= 15 is 0 Å². The molecule has 2 aliphatic rings. The second-order valence-corrected chi connectivity index (χ2v) is 6.21. The van der Waals surface area contributed by atoms with E-state index in [4.69, 9.17) is 16.4 Å². The van der Waals surface area contributed by atoms with Gasteiger partial charge in [0.15, 0.2) is 0 Å². The topological polar surface area (TPSA) is 102 Å². The van der Waals surface area contributed by atoms with Crippen molar-refractivity contribution in [2.45, 2.75) is 6.10 Å². The van der Waals surface area contributed by atoms with E-state index in [1.165, 1.54) is 30.3 Å². The number of rotatable bonds is 3. The van der Waals surface area contributed by atoms with Gasteiger partial charge in [0.1, 0.15) is 11.6 Å². The Labute approximate surface area is 151 Å². The van der Waals surface area contributed by atoms with Gasteiger partial charge in [-0.1, -0.05) is 22.8 Å². The van der Waals surface area contributed by atoms with Crippen LogP contribution in [-0.2, 0) is 14.4 Å². The minimum Gasteiger partial charge on any atom is -0.381 e. The molecule has 2 atom stereocenters. The standard InChI is InChI=1S/C17H10ClN3O5/c18-10-2-1-3-12(8-10)20-16(22)13-14(19-26-15(13)17(20)23)9-4-6-11(7-5-9)21(24)25/h1-8,13,15H/t13-,15+/m0/s1. The van der Waals surface area contributed by atoms with Crippen LogP contribution < -0.4 is 4.90 Å². The molecule has 26 heavy (non-hydrogen) atoms. The van der Waals surface area contributed by atoms with Crippen molar-refractivity contribution in [3.8, 4) is 0 Å². The van der Waals surface area contributed by atoms with Crippen LogP contribution >= 0.6 is 11.6 Å². The fourth-order valence-electron chi connectivity index (χ4n) is 3.04. The minimum atomic E-state index is -1.05. The highest BCUT2D eigenvalue weighted by Crippen LogP contribution is 2.36. The van der Waals surface area contributed by atoms with Crippen molar-refractivity contribution < 1.29 is 19.3 Å². The van der Waals surface area contributed by atoms with E-state index in [1.54, 1.807) is 18.2 Å². The van der Waals surface area contributed by atoms with Gasteiger partial charge in [-0.05, 0) is 30.3 Å². The fourth-order valence-corrected chi connectivity index (χ4v) is 3.22. The van der Waals surface area contributed by atoms with Gasteiger partial charge in [0.25, 0.3) is 11.6 Å². The number of hydrogen-bond donors (Lipinski definition) is 0. The SMILES string of the molecule is O=C1[C@H]2C(c3ccc([N+](=O)[O-])cc3)=NO[C@H]2C(=O)N1c1cccc(Cl)c1. The first-order valence-electron chi connectivity index (χ1n) is 7.59. The van der Waals surface area contributed by atoms with E-state index in [9.17, 15) is 19.7 Å². The number of non-ortho nitro benzene ring substituents is 1. The molecule has 8 nitrogen and oxygen atoms in total. The molecule has 4 rings (SSSR count). The lowest BCUT2D eigenvalue weighted by Gasteiger charge is -2.15. The first kappa shape index (κ1) is 16.2. The first-order valence-corrected chi connectivity index (χ1v) is 7.97. The molecule has 1 fully saturated rings. The number of imide groups is 1. The van der Waals surface area contributed by atoms with Crippen LogP contribution in [0.15, 0.2) is 53.7 Å². The average Bonchev–Trinajstić information content (AvgIpc) is 3.16. The largest absolute Gasteiger partial charge is 0.381 e. The van der Waals surface area contributed by atoms with Crippen LogP contribution in [0.5, 0.6) is 0 Å². The Morgan fingerprint density at radius 1 is 1.12 bits per heavy atom. The van der Waals surface area contributed by atoms with Gasteiger partial charge in [-0.25, -0.2) is 4.90 Å². The Bertz CT molecular complexity index is 973. The molecular weight excluding hydrogens is 362 g/mol. The smallest absolute Gasteiger partial charge is 0.278 e. The highest BCUT2D eigenvalue weighted by atomic mass is 35.5. The van der Waals surface area contributed by atoms with Gasteiger partial charge in [-0.15, -0.1) is 0 Å². The van der Waals surface area contributed by atoms with Crippen LogP contribution in [0.3, 0.4) is 0 Å². The minimum absolute atomic E-state index is 0.0841. The molecule has 0 saturated carbocycles. The quantitative estimate of drug-likeness (QED) is 0.468. The lowest BCUT2D eigenvalue weighted by Crippen LogP contribution is -2.33. The molecule has 130 valence electrons. The summed E-state index contributed by atoms with van der Waals surface area (Å²) in [5.74, 6) is -1.90. The molecule has 0 radical (unpaired) electrons. The lowest BCUT2D eigenvalue weighted by molar-refractivity contribution is -0.384. The van der Waals surface area contributed by atoms with Crippen LogP contribution in [0.1, 0.15) is 5.56 Å². The highest BCUT2D eigenvalue weighted by Gasteiger charge is 2.56. The zero-order chi connectivity index (χ0) is 18.4. The van der Waals surface area contributed by atoms with Crippen LogP contribution in [-0.4, -0.2) is 28.6 Å². The normalized spacial score (nSPS) is 21.4. The Kier molecular flexibility index (Phi) is 3.69. The maximum absolute atomic E-state index is 12.9. The molecule has 0 aliphatic carbocycles. The number of halogens is 1. The summed E-state index contributed by atoms with van der Waals surface area (Å²) in [5.41, 5.74) is 1.03. The molecule has 9 heteroatoms. The zero-order valence-corrected chi connectivity index (χ0v) is 13.8. The molecule has 0 N–H and O–H groups in total. The molecule has 2 heterocycles. The number of nitro benzene ring substituents is 1. The molecule has 2 aromatic rings. The predicted molar refractivity (Wildman–Crippen MR) is 91.9 cm³/mol. The summed E-state index contributed by atoms with van der Waals surface area (Å²) < 4.78 is 0. The summed E-state index contributed by atoms with van der Waals surface area (Å²) in [7, 11) is 0. The monoisotopic (exact) mass is 371 g/mol. The maximum Gasteiger partial charge on any atom is 0.278 e. The Morgan fingerprint density at radius 3 is 2.50 bits per heavy atom. The molecule has 0 spiro atoms. The molecular formula is C17H10ClN3O5. The Balaban J connectivity index is 1.67. The van der Waals surface area contributed by atoms with Gasteiger partial charge >= 0.3 is 0 Å². The van der Waals surface area contributed by atoms with E-state index in [1.807, 2.05) is 0 Å². The highest BCUT2D eigenvalue weighted by molar-refractivity contribution is 6.34. The van der Waals surface area contributed by atoms with E-state index in [2.05, 4.69) is 5.16 Å². The number of oxime groups is 1. The first-order chi connectivity index (χ1) is 12.5. The summed E-state index contributed by atoms with van der Waals surface area (Å²) in [6.45, 7) is 0. The number of benzene rings is 2. The van der Waals surface area contributed by atoms with E-state index in [0.717, 1.165) is 4.90 Å². The number of fused-ring (bicyclic) bond motifs is 1. The number of nitrogens with zero attached hydrogens (tertiary/aromatic N) is 3. The summed E-state index contributed by atoms with van der Waals surface area (Å²) in [6.07, 6.45) is -1.05. The van der Waals surface area contributed by atoms with Gasteiger partial charge in [0, 0.05) is 22.7 Å². The van der Waals surface area contributed by atoms with E-state index in [-0.39, 0.29) is 11.4 Å². The summed E-state index contributed by atoms with van der Waals surface area (Å²) in [6, 6.07) is 12.0. The van der Waals surface area contributed by atoms with Crippen LogP contribution in [0.4, 0.5) is 11.4 Å². The van der Waals surface area contributed by atoms with Crippen molar-refractivity contribution in [2.75, 3.05) is 4.90 Å². The average molecular weight is 372 g/mol. The fraction of sp³-hybridized carbons (Fsp3) is 0.118. The van der Waals surface area contributed by atoms with Gasteiger partial charge in [0.05, 0.1) is 10.6 Å². The summed E-state index contributed by atoms with van der Waals surface area (Å²) in [4.78, 5) is 41.9. The maximum atomic E-state index is 12.9. The van der Waals surface area contributed by atoms with Crippen LogP contribution in [0.25, 0.3) is 0 Å². The van der Waals surface area contributed by atoms with E-state index < -0.39 is 28.8 Å². The number of carbonyl (C=O) groups excluding carboxylic acids is 2. The number of amides is 2. The third-order valence-electron chi connectivity index (χ3n) is 4.25. The van der Waals surface area contributed by atoms with Crippen molar-refractivity contribution in [3.05, 3.63) is 69.2 Å². The third kappa shape index (κ3) is 2.42. The van der Waals surface area contributed by atoms with Gasteiger partial charge in [-0.2, -0.15) is 0 Å². The molecule has 2 amide bonds. The van der Waals surface area contributed by atoms with Gasteiger partial charge < -0.3 is 4.84 Å². The van der Waals surface area contributed by atoms with Crippen molar-refractivity contribution in [1.29, 1.82) is 0 Å². The number of anilines is 1. The van der Waals surface area contributed by atoms with Crippen molar-refractivity contribution >= 4 is 40.5 Å². The molecule has 0 aromatic heterocycles. The Morgan fingerprint density at radius 2 is 1.85 bits per heavy atom. The second-order valence-electron chi connectivity index (χ2n) is 5.78. The molecule has 0 unspecified atom stereocenters. The van der Waals surface area contributed by atoms with Gasteiger partial charge in [-0.3, -0.25) is 19.7 Å². The summed E-state index contributed by atoms with van der Waals surface area (Å²) >= 11 is 5.94. The van der Waals surface area contributed by atoms with Crippen molar-refractivity contribution in [1.82, 2.24) is 0 Å². The predicted octanol–water partition coefficient (Wildman–Crippen LogP) is 2.54. The molecule has 2 aliphatic heterocycles. The molecule has 2 aromatic carbocycles. The molecule has 0 bridgehead atoms. The van der Waals surface area contributed by atoms with Crippen LogP contribution in [0, 0.1) is 16.0 Å². The van der Waals surface area contributed by atoms with Crippen LogP contribution in [0.2, 0.25) is 5.02 Å². The van der Waals surface area contributed by atoms with E-state index in [0.29, 0.717) is 16.3 Å². The molecule has 1 saturated heterocycles. The zero-order valence-electron chi connectivity index (χ0n) is 13.0. The second kappa shape index (κ2) is 5.92.